The van der Waals surface area contributed by atoms with E-state index < -0.39 is 0 Å². The molecule has 0 aliphatic carbocycles. The quantitative estimate of drug-likeness (QED) is 0.772. The van der Waals surface area contributed by atoms with E-state index in [-0.39, 0.29) is 0 Å². The van der Waals surface area contributed by atoms with Crippen molar-refractivity contribution < 1.29 is 4.79 Å². The van der Waals surface area contributed by atoms with Gasteiger partial charge in [0.15, 0.2) is 0 Å². The fourth-order valence-corrected chi connectivity index (χ4v) is 2.43. The lowest BCUT2D eigenvalue weighted by molar-refractivity contribution is -0.117. The van der Waals surface area contributed by atoms with E-state index in [4.69, 9.17) is 0 Å². The SMILES string of the molecule is CCCC1CC(=O)CN1Cc1ccccc1. The average molecular weight is 217 g/mol. The molecule has 1 unspecified atom stereocenters. The van der Waals surface area contributed by atoms with Gasteiger partial charge in [-0.25, -0.2) is 0 Å². The molecule has 1 saturated heterocycles. The summed E-state index contributed by atoms with van der Waals surface area (Å²) in [6.07, 6.45) is 3.04. The lowest BCUT2D eigenvalue weighted by Crippen LogP contribution is -2.28. The zero-order valence-corrected chi connectivity index (χ0v) is 9.86. The van der Waals surface area contributed by atoms with Crippen LogP contribution < -0.4 is 0 Å². The van der Waals surface area contributed by atoms with Crippen LogP contribution in [-0.2, 0) is 11.3 Å². The predicted molar refractivity (Wildman–Crippen MR) is 65.2 cm³/mol. The summed E-state index contributed by atoms with van der Waals surface area (Å²) < 4.78 is 0. The number of Topliss-reactive ketones (excluding diaryl/α,β-unsaturated/α-hetero) is 1. The molecule has 1 heterocycles. The number of nitrogens with zero attached hydrogens (tertiary/aromatic N) is 1. The maximum Gasteiger partial charge on any atom is 0.148 e. The first-order valence-electron chi connectivity index (χ1n) is 6.09. The van der Waals surface area contributed by atoms with Gasteiger partial charge in [-0.15, -0.1) is 0 Å². The van der Waals surface area contributed by atoms with E-state index in [1.807, 2.05) is 6.07 Å². The summed E-state index contributed by atoms with van der Waals surface area (Å²) in [6.45, 7) is 3.74. The van der Waals surface area contributed by atoms with Gasteiger partial charge in [0.2, 0.25) is 0 Å². The Morgan fingerprint density at radius 2 is 2.06 bits per heavy atom. The van der Waals surface area contributed by atoms with E-state index in [9.17, 15) is 4.79 Å². The molecule has 0 radical (unpaired) electrons. The highest BCUT2D eigenvalue weighted by Gasteiger charge is 2.29. The minimum atomic E-state index is 0.398. The summed E-state index contributed by atoms with van der Waals surface area (Å²) >= 11 is 0. The molecule has 0 aromatic heterocycles. The average Bonchev–Trinajstić information content (AvgIpc) is 2.61. The van der Waals surface area contributed by atoms with E-state index >= 15 is 0 Å². The molecular weight excluding hydrogens is 198 g/mol. The second kappa shape index (κ2) is 5.26. The Bertz CT molecular complexity index is 347. The van der Waals surface area contributed by atoms with Gasteiger partial charge in [-0.3, -0.25) is 9.69 Å². The molecule has 1 aromatic rings. The Balaban J connectivity index is 2.00. The van der Waals surface area contributed by atoms with Crippen molar-refractivity contribution in [3.05, 3.63) is 35.9 Å². The fraction of sp³-hybridized carbons (Fsp3) is 0.500. The minimum absolute atomic E-state index is 0.398. The summed E-state index contributed by atoms with van der Waals surface area (Å²) in [5.74, 6) is 0.398. The van der Waals surface area contributed by atoms with Crippen LogP contribution in [0.2, 0.25) is 0 Å². The standard InChI is InChI=1S/C14H19NO/c1-2-6-13-9-14(16)11-15(13)10-12-7-4-3-5-8-12/h3-5,7-8,13H,2,6,9-11H2,1H3. The van der Waals surface area contributed by atoms with Crippen LogP contribution >= 0.6 is 0 Å². The first-order valence-corrected chi connectivity index (χ1v) is 6.09. The highest BCUT2D eigenvalue weighted by molar-refractivity contribution is 5.83. The lowest BCUT2D eigenvalue weighted by Gasteiger charge is -2.23. The van der Waals surface area contributed by atoms with Crippen molar-refractivity contribution in [2.45, 2.75) is 38.8 Å². The second-order valence-corrected chi connectivity index (χ2v) is 4.58. The van der Waals surface area contributed by atoms with Crippen LogP contribution in [0.1, 0.15) is 31.7 Å². The van der Waals surface area contributed by atoms with Gasteiger partial charge in [-0.2, -0.15) is 0 Å². The van der Waals surface area contributed by atoms with Gasteiger partial charge in [0, 0.05) is 19.0 Å². The maximum absolute atomic E-state index is 11.5. The van der Waals surface area contributed by atoms with E-state index in [1.54, 1.807) is 0 Å². The largest absolute Gasteiger partial charge is 0.298 e. The van der Waals surface area contributed by atoms with Crippen molar-refractivity contribution in [3.63, 3.8) is 0 Å². The summed E-state index contributed by atoms with van der Waals surface area (Å²) in [5, 5.41) is 0. The molecule has 0 bridgehead atoms. The van der Waals surface area contributed by atoms with E-state index in [2.05, 4.69) is 36.1 Å². The predicted octanol–water partition coefficient (Wildman–Crippen LogP) is 2.63. The monoisotopic (exact) mass is 217 g/mol. The van der Waals surface area contributed by atoms with Crippen LogP contribution in [-0.4, -0.2) is 23.3 Å². The zero-order valence-electron chi connectivity index (χ0n) is 9.86. The van der Waals surface area contributed by atoms with E-state index in [0.717, 1.165) is 25.8 Å². The molecular formula is C14H19NO. The van der Waals surface area contributed by atoms with Crippen molar-refractivity contribution in [1.82, 2.24) is 4.90 Å². The smallest absolute Gasteiger partial charge is 0.148 e. The number of hydrogen-bond acceptors (Lipinski definition) is 2. The molecule has 0 spiro atoms. The number of ketones is 1. The third-order valence-corrected chi connectivity index (χ3v) is 3.21. The number of carbonyl (C=O) groups is 1. The summed E-state index contributed by atoms with van der Waals surface area (Å²) in [5.41, 5.74) is 1.30. The first kappa shape index (κ1) is 11.3. The van der Waals surface area contributed by atoms with Crippen molar-refractivity contribution in [1.29, 1.82) is 0 Å². The zero-order chi connectivity index (χ0) is 11.4. The molecule has 86 valence electrons. The number of benzene rings is 1. The molecule has 1 aliphatic heterocycles. The third-order valence-electron chi connectivity index (χ3n) is 3.21. The molecule has 16 heavy (non-hydrogen) atoms. The molecule has 1 aromatic carbocycles. The van der Waals surface area contributed by atoms with Gasteiger partial charge < -0.3 is 0 Å². The number of rotatable bonds is 4. The van der Waals surface area contributed by atoms with Crippen molar-refractivity contribution in [2.24, 2.45) is 0 Å². The molecule has 2 nitrogen and oxygen atoms in total. The maximum atomic E-state index is 11.5. The summed E-state index contributed by atoms with van der Waals surface area (Å²) in [7, 11) is 0. The van der Waals surface area contributed by atoms with Crippen molar-refractivity contribution in [3.8, 4) is 0 Å². The molecule has 0 saturated carbocycles. The highest BCUT2D eigenvalue weighted by Crippen LogP contribution is 2.21. The van der Waals surface area contributed by atoms with E-state index in [0.29, 0.717) is 18.4 Å². The van der Waals surface area contributed by atoms with Crippen LogP contribution in [0, 0.1) is 0 Å². The number of likely N-dealkylation sites (tertiary alicyclic amines) is 1. The molecule has 2 heteroatoms. The van der Waals surface area contributed by atoms with Gasteiger partial charge in [0.25, 0.3) is 0 Å². The highest BCUT2D eigenvalue weighted by atomic mass is 16.1. The van der Waals surface area contributed by atoms with Gasteiger partial charge >= 0.3 is 0 Å². The van der Waals surface area contributed by atoms with Gasteiger partial charge in [0.1, 0.15) is 5.78 Å². The van der Waals surface area contributed by atoms with Crippen molar-refractivity contribution in [2.75, 3.05) is 6.54 Å². The molecule has 2 rings (SSSR count). The molecule has 1 fully saturated rings. The third kappa shape index (κ3) is 2.70. The topological polar surface area (TPSA) is 20.3 Å². The van der Waals surface area contributed by atoms with Crippen LogP contribution in [0.4, 0.5) is 0 Å². The molecule has 0 N–H and O–H groups in total. The Morgan fingerprint density at radius 1 is 1.31 bits per heavy atom. The van der Waals surface area contributed by atoms with Crippen LogP contribution in [0.15, 0.2) is 30.3 Å². The summed E-state index contributed by atoms with van der Waals surface area (Å²) in [4.78, 5) is 13.8. The van der Waals surface area contributed by atoms with Gasteiger partial charge in [-0.1, -0.05) is 43.7 Å². The first-order chi connectivity index (χ1) is 7.79. The molecule has 1 aliphatic rings. The van der Waals surface area contributed by atoms with Crippen LogP contribution in [0.25, 0.3) is 0 Å². The van der Waals surface area contributed by atoms with Crippen molar-refractivity contribution >= 4 is 5.78 Å². The van der Waals surface area contributed by atoms with E-state index in [1.165, 1.54) is 5.56 Å². The second-order valence-electron chi connectivity index (χ2n) is 4.58. The van der Waals surface area contributed by atoms with Gasteiger partial charge in [0.05, 0.1) is 6.54 Å². The Kier molecular flexibility index (Phi) is 3.73. The minimum Gasteiger partial charge on any atom is -0.298 e. The number of carbonyl (C=O) groups excluding carboxylic acids is 1. The lowest BCUT2D eigenvalue weighted by atomic mass is 10.1. The Morgan fingerprint density at radius 3 is 2.75 bits per heavy atom. The summed E-state index contributed by atoms with van der Waals surface area (Å²) in [6, 6.07) is 10.9. The van der Waals surface area contributed by atoms with Crippen LogP contribution in [0.3, 0.4) is 0 Å². The molecule has 0 amide bonds. The molecule has 1 atom stereocenters. The normalized spacial score (nSPS) is 21.6. The Hall–Kier alpha value is -1.15. The van der Waals surface area contributed by atoms with Crippen LogP contribution in [0.5, 0.6) is 0 Å². The van der Waals surface area contributed by atoms with Gasteiger partial charge in [-0.05, 0) is 12.0 Å². The Labute approximate surface area is 97.3 Å². The fourth-order valence-electron chi connectivity index (χ4n) is 2.43. The number of hydrogen-bond donors (Lipinski definition) is 0.